The van der Waals surface area contributed by atoms with Gasteiger partial charge in [0.05, 0.1) is 12.5 Å². The first-order chi connectivity index (χ1) is 9.65. The summed E-state index contributed by atoms with van der Waals surface area (Å²) >= 11 is 0. The summed E-state index contributed by atoms with van der Waals surface area (Å²) in [5.41, 5.74) is 5.35. The van der Waals surface area contributed by atoms with Gasteiger partial charge in [-0.2, -0.15) is 0 Å². The molecule has 2 amide bonds. The maximum atomic E-state index is 11.9. The van der Waals surface area contributed by atoms with Gasteiger partial charge in [-0.1, -0.05) is 25.3 Å². The van der Waals surface area contributed by atoms with Gasteiger partial charge in [-0.05, 0) is 25.7 Å². The summed E-state index contributed by atoms with van der Waals surface area (Å²) < 4.78 is 5.17. The highest BCUT2D eigenvalue weighted by Gasteiger charge is 2.26. The van der Waals surface area contributed by atoms with Gasteiger partial charge in [-0.3, -0.25) is 9.59 Å². The molecule has 0 saturated carbocycles. The van der Waals surface area contributed by atoms with Gasteiger partial charge in [0.2, 0.25) is 11.8 Å². The lowest BCUT2D eigenvalue weighted by atomic mass is 10.0. The number of ether oxygens (including phenoxy) is 1. The molecule has 3 N–H and O–H groups in total. The van der Waals surface area contributed by atoms with Crippen molar-refractivity contribution in [2.45, 2.75) is 51.0 Å². The zero-order chi connectivity index (χ0) is 14.8. The number of hydrogen-bond donors (Lipinski definition) is 2. The number of hydrogen-bond acceptors (Lipinski definition) is 3. The normalized spacial score (nSPS) is 19.5. The van der Waals surface area contributed by atoms with Crippen molar-refractivity contribution in [3.05, 3.63) is 12.7 Å². The van der Waals surface area contributed by atoms with Crippen molar-refractivity contribution in [3.63, 3.8) is 0 Å². The molecule has 0 aromatic rings. The number of primary amides is 1. The minimum absolute atomic E-state index is 0.113. The number of allylic oxidation sites excluding steroid dienone is 1. The number of carbonyl (C=O) groups is 2. The van der Waals surface area contributed by atoms with Crippen LogP contribution >= 0.6 is 0 Å². The van der Waals surface area contributed by atoms with E-state index in [9.17, 15) is 9.59 Å². The molecular weight excluding hydrogens is 256 g/mol. The van der Waals surface area contributed by atoms with Crippen LogP contribution in [-0.4, -0.2) is 31.1 Å². The summed E-state index contributed by atoms with van der Waals surface area (Å²) in [6.45, 7) is 4.74. The van der Waals surface area contributed by atoms with Gasteiger partial charge in [-0.15, -0.1) is 6.58 Å². The van der Waals surface area contributed by atoms with Gasteiger partial charge < -0.3 is 15.8 Å². The average Bonchev–Trinajstić information content (AvgIpc) is 2.95. The maximum Gasteiger partial charge on any atom is 0.239 e. The molecule has 0 aliphatic carbocycles. The number of amides is 2. The second-order valence-corrected chi connectivity index (χ2v) is 5.30. The first kappa shape index (κ1) is 16.7. The summed E-state index contributed by atoms with van der Waals surface area (Å²) in [4.78, 5) is 23.3. The fraction of sp³-hybridized carbons (Fsp3) is 0.733. The van der Waals surface area contributed by atoms with Crippen LogP contribution in [-0.2, 0) is 14.3 Å². The van der Waals surface area contributed by atoms with Crippen molar-refractivity contribution < 1.29 is 14.3 Å². The SMILES string of the molecule is C=CCCCCCC[C@@H](NC(=O)[C@@H]1CCOC1)C(N)=O. The second kappa shape index (κ2) is 9.53. The smallest absolute Gasteiger partial charge is 0.239 e. The predicted octanol–water partition coefficient (Wildman–Crippen LogP) is 1.52. The van der Waals surface area contributed by atoms with Gasteiger partial charge in [0.25, 0.3) is 0 Å². The van der Waals surface area contributed by atoms with Gasteiger partial charge in [0, 0.05) is 6.61 Å². The molecule has 0 aromatic heterocycles. The minimum atomic E-state index is -0.553. The molecule has 1 rings (SSSR count). The fourth-order valence-electron chi connectivity index (χ4n) is 2.31. The predicted molar refractivity (Wildman–Crippen MR) is 78.0 cm³/mol. The Balaban J connectivity index is 2.23. The molecule has 1 aliphatic rings. The van der Waals surface area contributed by atoms with Gasteiger partial charge >= 0.3 is 0 Å². The van der Waals surface area contributed by atoms with E-state index in [2.05, 4.69) is 11.9 Å². The number of unbranched alkanes of at least 4 members (excludes halogenated alkanes) is 4. The van der Waals surface area contributed by atoms with Crippen LogP contribution in [0.3, 0.4) is 0 Å². The molecule has 5 heteroatoms. The highest BCUT2D eigenvalue weighted by molar-refractivity contribution is 5.87. The van der Waals surface area contributed by atoms with E-state index < -0.39 is 11.9 Å². The Labute approximate surface area is 120 Å². The largest absolute Gasteiger partial charge is 0.381 e. The quantitative estimate of drug-likeness (QED) is 0.471. The highest BCUT2D eigenvalue weighted by atomic mass is 16.5. The van der Waals surface area contributed by atoms with Gasteiger partial charge in [0.15, 0.2) is 0 Å². The molecule has 0 unspecified atom stereocenters. The Morgan fingerprint density at radius 1 is 1.35 bits per heavy atom. The molecule has 20 heavy (non-hydrogen) atoms. The van der Waals surface area contributed by atoms with Gasteiger partial charge in [0.1, 0.15) is 6.04 Å². The van der Waals surface area contributed by atoms with Crippen molar-refractivity contribution in [1.82, 2.24) is 5.32 Å². The standard InChI is InChI=1S/C15H26N2O3/c1-2-3-4-5-6-7-8-13(14(16)18)17-15(19)12-9-10-20-11-12/h2,12-13H,1,3-11H2,(H2,16,18)(H,17,19)/t12-,13-/m1/s1. The second-order valence-electron chi connectivity index (χ2n) is 5.30. The zero-order valence-electron chi connectivity index (χ0n) is 12.1. The Morgan fingerprint density at radius 3 is 2.70 bits per heavy atom. The van der Waals surface area contributed by atoms with Crippen LogP contribution < -0.4 is 11.1 Å². The van der Waals surface area contributed by atoms with E-state index in [1.165, 1.54) is 0 Å². The monoisotopic (exact) mass is 282 g/mol. The molecule has 5 nitrogen and oxygen atoms in total. The summed E-state index contributed by atoms with van der Waals surface area (Å²) in [7, 11) is 0. The summed E-state index contributed by atoms with van der Waals surface area (Å²) in [5.74, 6) is -0.703. The molecule has 1 saturated heterocycles. The van der Waals surface area contributed by atoms with Crippen LogP contribution in [0.25, 0.3) is 0 Å². The number of nitrogens with one attached hydrogen (secondary N) is 1. The maximum absolute atomic E-state index is 11.9. The van der Waals surface area contributed by atoms with E-state index in [-0.39, 0.29) is 11.8 Å². The van der Waals surface area contributed by atoms with E-state index in [0.717, 1.165) is 38.5 Å². The van der Waals surface area contributed by atoms with Gasteiger partial charge in [-0.25, -0.2) is 0 Å². The third-order valence-electron chi connectivity index (χ3n) is 3.61. The number of nitrogens with two attached hydrogens (primary N) is 1. The van der Waals surface area contributed by atoms with Crippen LogP contribution in [0, 0.1) is 5.92 Å². The Kier molecular flexibility index (Phi) is 7.95. The van der Waals surface area contributed by atoms with Crippen molar-refractivity contribution in [1.29, 1.82) is 0 Å². The van der Waals surface area contributed by atoms with E-state index in [1.54, 1.807) is 0 Å². The first-order valence-corrected chi connectivity index (χ1v) is 7.43. The van der Waals surface area contributed by atoms with E-state index in [1.807, 2.05) is 6.08 Å². The van der Waals surface area contributed by atoms with Crippen molar-refractivity contribution >= 4 is 11.8 Å². The lowest BCUT2D eigenvalue weighted by molar-refractivity contribution is -0.130. The highest BCUT2D eigenvalue weighted by Crippen LogP contribution is 2.13. The molecule has 0 bridgehead atoms. The Morgan fingerprint density at radius 2 is 2.10 bits per heavy atom. The van der Waals surface area contributed by atoms with Crippen molar-refractivity contribution in [3.8, 4) is 0 Å². The Hall–Kier alpha value is -1.36. The molecule has 0 spiro atoms. The number of rotatable bonds is 10. The van der Waals surface area contributed by atoms with Crippen LogP contribution in [0.1, 0.15) is 44.9 Å². The minimum Gasteiger partial charge on any atom is -0.381 e. The molecule has 114 valence electrons. The van der Waals surface area contributed by atoms with E-state index in [4.69, 9.17) is 10.5 Å². The van der Waals surface area contributed by atoms with Crippen molar-refractivity contribution in [2.75, 3.05) is 13.2 Å². The lowest BCUT2D eigenvalue weighted by Crippen LogP contribution is -2.46. The first-order valence-electron chi connectivity index (χ1n) is 7.43. The topological polar surface area (TPSA) is 81.4 Å². The third-order valence-corrected chi connectivity index (χ3v) is 3.61. The molecule has 2 atom stereocenters. The van der Waals surface area contributed by atoms with Crippen LogP contribution in [0.5, 0.6) is 0 Å². The molecular formula is C15H26N2O3. The average molecular weight is 282 g/mol. The van der Waals surface area contributed by atoms with Crippen LogP contribution in [0.15, 0.2) is 12.7 Å². The lowest BCUT2D eigenvalue weighted by Gasteiger charge is -2.17. The summed E-state index contributed by atoms with van der Waals surface area (Å²) in [6, 6.07) is -0.553. The molecule has 0 aromatic carbocycles. The summed E-state index contributed by atoms with van der Waals surface area (Å²) in [6.07, 6.45) is 8.44. The third kappa shape index (κ3) is 6.19. The molecule has 0 radical (unpaired) electrons. The molecule has 1 fully saturated rings. The molecule has 1 heterocycles. The van der Waals surface area contributed by atoms with E-state index in [0.29, 0.717) is 19.6 Å². The summed E-state index contributed by atoms with van der Waals surface area (Å²) in [5, 5.41) is 2.75. The van der Waals surface area contributed by atoms with Crippen molar-refractivity contribution in [2.24, 2.45) is 11.7 Å². The van der Waals surface area contributed by atoms with E-state index >= 15 is 0 Å². The molecule has 1 aliphatic heterocycles. The van der Waals surface area contributed by atoms with Crippen LogP contribution in [0.2, 0.25) is 0 Å². The van der Waals surface area contributed by atoms with Crippen LogP contribution in [0.4, 0.5) is 0 Å². The Bertz CT molecular complexity index is 325. The number of carbonyl (C=O) groups excluding carboxylic acids is 2. The zero-order valence-corrected chi connectivity index (χ0v) is 12.1. The fourth-order valence-corrected chi connectivity index (χ4v) is 2.31.